The highest BCUT2D eigenvalue weighted by Gasteiger charge is 2.40. The van der Waals surface area contributed by atoms with Crippen LogP contribution in [-0.2, 0) is 9.47 Å². The van der Waals surface area contributed by atoms with Crippen LogP contribution in [0.1, 0.15) is 20.3 Å². The van der Waals surface area contributed by atoms with E-state index in [1.165, 1.54) is 6.42 Å². The molecule has 0 saturated carbocycles. The summed E-state index contributed by atoms with van der Waals surface area (Å²) in [6, 6.07) is 0. The molecule has 2 aliphatic rings. The smallest absolute Gasteiger partial charge is 0.0863 e. The van der Waals surface area contributed by atoms with Gasteiger partial charge in [-0.25, -0.2) is 0 Å². The number of hydrogen-bond donors (Lipinski definition) is 0. The van der Waals surface area contributed by atoms with Gasteiger partial charge in [-0.15, -0.1) is 0 Å². The zero-order chi connectivity index (χ0) is 7.84. The normalized spacial score (nSPS) is 43.4. The van der Waals surface area contributed by atoms with E-state index in [4.69, 9.17) is 9.47 Å². The van der Waals surface area contributed by atoms with Gasteiger partial charge in [-0.1, -0.05) is 13.8 Å². The second-order valence-electron chi connectivity index (χ2n) is 3.99. The maximum Gasteiger partial charge on any atom is 0.0863 e. The fourth-order valence-corrected chi connectivity index (χ4v) is 1.96. The molecule has 0 bridgehead atoms. The van der Waals surface area contributed by atoms with Crippen LogP contribution in [0.15, 0.2) is 0 Å². The van der Waals surface area contributed by atoms with Gasteiger partial charge in [0.05, 0.1) is 25.4 Å². The van der Waals surface area contributed by atoms with Gasteiger partial charge in [0.2, 0.25) is 0 Å². The summed E-state index contributed by atoms with van der Waals surface area (Å²) in [7, 11) is 0. The van der Waals surface area contributed by atoms with Crippen molar-refractivity contribution in [2.45, 2.75) is 32.5 Å². The summed E-state index contributed by atoms with van der Waals surface area (Å²) in [6.45, 7) is 6.21. The van der Waals surface area contributed by atoms with Gasteiger partial charge in [0, 0.05) is 5.92 Å². The van der Waals surface area contributed by atoms with Crippen molar-refractivity contribution >= 4 is 0 Å². The van der Waals surface area contributed by atoms with Gasteiger partial charge in [0.25, 0.3) is 0 Å². The quantitative estimate of drug-likeness (QED) is 0.572. The Labute approximate surface area is 67.9 Å². The summed E-state index contributed by atoms with van der Waals surface area (Å²) < 4.78 is 11.1. The molecule has 0 aliphatic carbocycles. The SMILES string of the molecule is CC(C)C1CC2COCC2O1. The van der Waals surface area contributed by atoms with Crippen LogP contribution < -0.4 is 0 Å². The molecule has 2 heteroatoms. The molecule has 0 amide bonds. The van der Waals surface area contributed by atoms with Gasteiger partial charge in [0.15, 0.2) is 0 Å². The first-order valence-electron chi connectivity index (χ1n) is 4.50. The average Bonchev–Trinajstić information content (AvgIpc) is 2.40. The minimum Gasteiger partial charge on any atom is -0.378 e. The van der Waals surface area contributed by atoms with Crippen molar-refractivity contribution in [3.05, 3.63) is 0 Å². The van der Waals surface area contributed by atoms with E-state index in [9.17, 15) is 0 Å². The fourth-order valence-electron chi connectivity index (χ4n) is 1.96. The lowest BCUT2D eigenvalue weighted by Gasteiger charge is -2.15. The van der Waals surface area contributed by atoms with Crippen molar-refractivity contribution in [2.24, 2.45) is 11.8 Å². The molecule has 3 atom stereocenters. The Morgan fingerprint density at radius 2 is 2.09 bits per heavy atom. The van der Waals surface area contributed by atoms with E-state index in [1.54, 1.807) is 0 Å². The van der Waals surface area contributed by atoms with E-state index < -0.39 is 0 Å². The first-order chi connectivity index (χ1) is 5.27. The Morgan fingerprint density at radius 1 is 1.27 bits per heavy atom. The summed E-state index contributed by atoms with van der Waals surface area (Å²) in [5, 5.41) is 0. The first-order valence-corrected chi connectivity index (χ1v) is 4.50. The third-order valence-corrected chi connectivity index (χ3v) is 2.77. The van der Waals surface area contributed by atoms with Crippen LogP contribution in [0.25, 0.3) is 0 Å². The van der Waals surface area contributed by atoms with Gasteiger partial charge in [-0.3, -0.25) is 0 Å². The molecule has 2 nitrogen and oxygen atoms in total. The van der Waals surface area contributed by atoms with E-state index in [1.807, 2.05) is 0 Å². The molecule has 0 radical (unpaired) electrons. The zero-order valence-corrected chi connectivity index (χ0v) is 7.25. The molecule has 2 heterocycles. The Morgan fingerprint density at radius 3 is 2.73 bits per heavy atom. The van der Waals surface area contributed by atoms with Gasteiger partial charge >= 0.3 is 0 Å². The number of hydrogen-bond acceptors (Lipinski definition) is 2. The first kappa shape index (κ1) is 7.56. The summed E-state index contributed by atoms with van der Waals surface area (Å²) in [5.74, 6) is 1.36. The molecule has 0 N–H and O–H groups in total. The molecule has 0 aromatic rings. The van der Waals surface area contributed by atoms with Crippen LogP contribution in [0.5, 0.6) is 0 Å². The Hall–Kier alpha value is -0.0800. The van der Waals surface area contributed by atoms with Gasteiger partial charge in [-0.2, -0.15) is 0 Å². The van der Waals surface area contributed by atoms with E-state index >= 15 is 0 Å². The number of fused-ring (bicyclic) bond motifs is 1. The summed E-state index contributed by atoms with van der Waals surface area (Å²) >= 11 is 0. The lowest BCUT2D eigenvalue weighted by molar-refractivity contribution is -0.000853. The average molecular weight is 156 g/mol. The van der Waals surface area contributed by atoms with Crippen LogP contribution >= 0.6 is 0 Å². The lowest BCUT2D eigenvalue weighted by atomic mass is 9.97. The third-order valence-electron chi connectivity index (χ3n) is 2.77. The molecular formula is C9H16O2. The Balaban J connectivity index is 1.94. The highest BCUT2D eigenvalue weighted by Crippen LogP contribution is 2.34. The third kappa shape index (κ3) is 1.30. The topological polar surface area (TPSA) is 18.5 Å². The second-order valence-corrected chi connectivity index (χ2v) is 3.99. The maximum absolute atomic E-state index is 5.82. The van der Waals surface area contributed by atoms with Crippen molar-refractivity contribution in [1.82, 2.24) is 0 Å². The number of rotatable bonds is 1. The molecule has 2 rings (SSSR count). The van der Waals surface area contributed by atoms with Crippen LogP contribution in [0, 0.1) is 11.8 Å². The van der Waals surface area contributed by atoms with Crippen LogP contribution in [0.2, 0.25) is 0 Å². The van der Waals surface area contributed by atoms with Crippen molar-refractivity contribution in [3.63, 3.8) is 0 Å². The maximum atomic E-state index is 5.82. The van der Waals surface area contributed by atoms with Crippen molar-refractivity contribution in [3.8, 4) is 0 Å². The predicted octanol–water partition coefficient (Wildman–Crippen LogP) is 1.45. The van der Waals surface area contributed by atoms with Crippen molar-refractivity contribution in [1.29, 1.82) is 0 Å². The molecule has 0 spiro atoms. The van der Waals surface area contributed by atoms with Crippen LogP contribution in [-0.4, -0.2) is 25.4 Å². The second kappa shape index (κ2) is 2.76. The standard InChI is InChI=1S/C9H16O2/c1-6(2)8-3-7-4-10-5-9(7)11-8/h6-9H,3-5H2,1-2H3. The van der Waals surface area contributed by atoms with Crippen molar-refractivity contribution in [2.75, 3.05) is 13.2 Å². The summed E-state index contributed by atoms with van der Waals surface area (Å²) in [4.78, 5) is 0. The highest BCUT2D eigenvalue weighted by molar-refractivity contribution is 4.86. The minimum atomic E-state index is 0.419. The summed E-state index contributed by atoms with van der Waals surface area (Å²) in [6.07, 6.45) is 2.12. The van der Waals surface area contributed by atoms with E-state index in [2.05, 4.69) is 13.8 Å². The largest absolute Gasteiger partial charge is 0.378 e. The summed E-state index contributed by atoms with van der Waals surface area (Å²) in [5.41, 5.74) is 0. The Kier molecular flexibility index (Phi) is 1.90. The molecule has 11 heavy (non-hydrogen) atoms. The molecule has 2 aliphatic heterocycles. The molecular weight excluding hydrogens is 140 g/mol. The van der Waals surface area contributed by atoms with Gasteiger partial charge in [-0.05, 0) is 12.3 Å². The van der Waals surface area contributed by atoms with Crippen LogP contribution in [0.3, 0.4) is 0 Å². The Bertz CT molecular complexity index is 132. The van der Waals surface area contributed by atoms with E-state index in [-0.39, 0.29) is 0 Å². The highest BCUT2D eigenvalue weighted by atomic mass is 16.6. The minimum absolute atomic E-state index is 0.419. The van der Waals surface area contributed by atoms with E-state index in [0.717, 1.165) is 13.2 Å². The molecule has 0 aromatic carbocycles. The lowest BCUT2D eigenvalue weighted by Crippen LogP contribution is -2.18. The molecule has 0 aromatic heterocycles. The zero-order valence-electron chi connectivity index (χ0n) is 7.25. The van der Waals surface area contributed by atoms with Gasteiger partial charge in [0.1, 0.15) is 0 Å². The van der Waals surface area contributed by atoms with Crippen molar-refractivity contribution < 1.29 is 9.47 Å². The monoisotopic (exact) mass is 156 g/mol. The molecule has 64 valence electrons. The van der Waals surface area contributed by atoms with E-state index in [0.29, 0.717) is 24.0 Å². The molecule has 2 saturated heterocycles. The fraction of sp³-hybridized carbons (Fsp3) is 1.00. The van der Waals surface area contributed by atoms with Gasteiger partial charge < -0.3 is 9.47 Å². The molecule has 2 fully saturated rings. The predicted molar refractivity (Wildman–Crippen MR) is 42.4 cm³/mol. The molecule has 3 unspecified atom stereocenters. The van der Waals surface area contributed by atoms with Crippen LogP contribution in [0.4, 0.5) is 0 Å². The number of ether oxygens (including phenoxy) is 2.